The van der Waals surface area contributed by atoms with Crippen LogP contribution in [0.1, 0.15) is 26.3 Å². The molecule has 1 aromatic rings. The van der Waals surface area contributed by atoms with Crippen molar-refractivity contribution in [2.75, 3.05) is 18.6 Å². The molecule has 1 aliphatic rings. The first kappa shape index (κ1) is 24.5. The normalized spacial score (nSPS) is 21.9. The number of amides is 1. The van der Waals surface area contributed by atoms with Gasteiger partial charge in [0.25, 0.3) is 5.60 Å². The van der Waals surface area contributed by atoms with E-state index in [0.717, 1.165) is 19.2 Å². The van der Waals surface area contributed by atoms with Gasteiger partial charge in [-0.2, -0.15) is 13.2 Å². The fourth-order valence-corrected chi connectivity index (χ4v) is 3.93. The zero-order valence-electron chi connectivity index (χ0n) is 16.8. The first-order valence-corrected chi connectivity index (χ1v) is 9.81. The molecular weight excluding hydrogens is 446 g/mol. The molecule has 1 fully saturated rings. The number of hydrogen-bond acceptors (Lipinski definition) is 4. The van der Waals surface area contributed by atoms with Gasteiger partial charge in [0.2, 0.25) is 5.91 Å². The highest BCUT2D eigenvalue weighted by molar-refractivity contribution is 6.55. The average molecular weight is 468 g/mol. The molecule has 2 rings (SSSR count). The van der Waals surface area contributed by atoms with Crippen molar-refractivity contribution in [3.63, 3.8) is 0 Å². The van der Waals surface area contributed by atoms with Gasteiger partial charge < -0.3 is 14.7 Å². The SMILES string of the molecule is CCN(C(=O)C1C(C=C(Cl)Cl)C1(C)C)c1ccc(C(O)(C(=O)OC)C(F)(F)F)cc1. The van der Waals surface area contributed by atoms with Crippen LogP contribution in [-0.4, -0.2) is 36.8 Å². The minimum Gasteiger partial charge on any atom is -0.466 e. The highest BCUT2D eigenvalue weighted by Crippen LogP contribution is 2.60. The van der Waals surface area contributed by atoms with Gasteiger partial charge in [-0.25, -0.2) is 4.79 Å². The van der Waals surface area contributed by atoms with Gasteiger partial charge in [0.05, 0.1) is 13.0 Å². The molecule has 30 heavy (non-hydrogen) atoms. The summed E-state index contributed by atoms with van der Waals surface area (Å²) in [5.41, 5.74) is -4.58. The molecule has 1 N–H and O–H groups in total. The molecule has 0 heterocycles. The van der Waals surface area contributed by atoms with Crippen LogP contribution in [0.25, 0.3) is 0 Å². The van der Waals surface area contributed by atoms with E-state index in [1.807, 2.05) is 13.8 Å². The lowest BCUT2D eigenvalue weighted by molar-refractivity contribution is -0.266. The molecule has 10 heteroatoms. The Morgan fingerprint density at radius 2 is 1.77 bits per heavy atom. The number of benzene rings is 1. The molecule has 1 amide bonds. The van der Waals surface area contributed by atoms with Crippen molar-refractivity contribution in [1.82, 2.24) is 0 Å². The molecule has 0 saturated heterocycles. The van der Waals surface area contributed by atoms with Gasteiger partial charge in [0.1, 0.15) is 4.49 Å². The zero-order valence-corrected chi connectivity index (χ0v) is 18.3. The van der Waals surface area contributed by atoms with E-state index in [-0.39, 0.29) is 28.3 Å². The summed E-state index contributed by atoms with van der Waals surface area (Å²) in [5.74, 6) is -2.65. The van der Waals surface area contributed by atoms with E-state index < -0.39 is 29.2 Å². The Morgan fingerprint density at radius 1 is 1.23 bits per heavy atom. The van der Waals surface area contributed by atoms with Crippen molar-refractivity contribution < 1.29 is 32.6 Å². The van der Waals surface area contributed by atoms with Crippen LogP contribution in [0.5, 0.6) is 0 Å². The maximum atomic E-state index is 13.4. The van der Waals surface area contributed by atoms with Crippen LogP contribution in [-0.2, 0) is 19.9 Å². The first-order chi connectivity index (χ1) is 13.7. The second-order valence-electron chi connectivity index (χ2n) is 7.61. The molecule has 3 unspecified atom stereocenters. The minimum atomic E-state index is -5.29. The highest BCUT2D eigenvalue weighted by atomic mass is 35.5. The smallest absolute Gasteiger partial charge is 0.432 e. The average Bonchev–Trinajstić information content (AvgIpc) is 3.19. The van der Waals surface area contributed by atoms with Gasteiger partial charge in [-0.15, -0.1) is 0 Å². The molecule has 1 aromatic carbocycles. The minimum absolute atomic E-state index is 0.0602. The number of methoxy groups -OCH3 is 1. The van der Waals surface area contributed by atoms with Crippen molar-refractivity contribution in [2.24, 2.45) is 17.3 Å². The van der Waals surface area contributed by atoms with Gasteiger partial charge in [0.15, 0.2) is 0 Å². The quantitative estimate of drug-likeness (QED) is 0.623. The van der Waals surface area contributed by atoms with Crippen LogP contribution in [0.3, 0.4) is 0 Å². The van der Waals surface area contributed by atoms with Crippen LogP contribution < -0.4 is 4.90 Å². The number of rotatable bonds is 6. The third-order valence-electron chi connectivity index (χ3n) is 5.55. The Morgan fingerprint density at radius 3 is 2.17 bits per heavy atom. The molecule has 0 spiro atoms. The second kappa shape index (κ2) is 8.40. The molecule has 0 radical (unpaired) electrons. The molecule has 0 bridgehead atoms. The van der Waals surface area contributed by atoms with E-state index in [4.69, 9.17) is 23.2 Å². The Kier molecular flexibility index (Phi) is 6.86. The van der Waals surface area contributed by atoms with Gasteiger partial charge in [0, 0.05) is 17.8 Å². The van der Waals surface area contributed by atoms with Crippen molar-refractivity contribution in [3.05, 3.63) is 40.4 Å². The van der Waals surface area contributed by atoms with Gasteiger partial charge in [-0.05, 0) is 36.5 Å². The number of hydrogen-bond donors (Lipinski definition) is 1. The van der Waals surface area contributed by atoms with E-state index in [0.29, 0.717) is 5.69 Å². The lowest BCUT2D eigenvalue weighted by atomic mass is 9.93. The van der Waals surface area contributed by atoms with E-state index >= 15 is 0 Å². The van der Waals surface area contributed by atoms with Crippen LogP contribution in [0.4, 0.5) is 18.9 Å². The Balaban J connectivity index is 2.35. The van der Waals surface area contributed by atoms with Gasteiger partial charge in [-0.3, -0.25) is 4.79 Å². The van der Waals surface area contributed by atoms with Gasteiger partial charge in [-0.1, -0.05) is 49.2 Å². The molecule has 1 saturated carbocycles. The molecular formula is C20H22Cl2F3NO4. The fraction of sp³-hybridized carbons (Fsp3) is 0.500. The lowest BCUT2D eigenvalue weighted by Crippen LogP contribution is -2.49. The van der Waals surface area contributed by atoms with Gasteiger partial charge >= 0.3 is 12.1 Å². The largest absolute Gasteiger partial charge is 0.466 e. The Hall–Kier alpha value is -1.77. The summed E-state index contributed by atoms with van der Waals surface area (Å²) in [5, 5.41) is 10.1. The van der Waals surface area contributed by atoms with Crippen molar-refractivity contribution in [1.29, 1.82) is 0 Å². The Labute approximate surface area is 182 Å². The monoisotopic (exact) mass is 467 g/mol. The maximum absolute atomic E-state index is 13.4. The summed E-state index contributed by atoms with van der Waals surface area (Å²) in [6.45, 7) is 5.77. The number of aliphatic hydroxyl groups is 1. The fourth-order valence-electron chi connectivity index (χ4n) is 3.66. The second-order valence-corrected chi connectivity index (χ2v) is 8.62. The number of carbonyl (C=O) groups excluding carboxylic acids is 2. The molecule has 166 valence electrons. The summed E-state index contributed by atoms with van der Waals surface area (Å²) >= 11 is 11.4. The third-order valence-corrected chi connectivity index (χ3v) is 5.80. The predicted molar refractivity (Wildman–Crippen MR) is 107 cm³/mol. The molecule has 3 atom stereocenters. The van der Waals surface area contributed by atoms with E-state index in [2.05, 4.69) is 4.74 Å². The van der Waals surface area contributed by atoms with Crippen LogP contribution in [0.15, 0.2) is 34.8 Å². The number of halogens is 5. The van der Waals surface area contributed by atoms with Crippen molar-refractivity contribution in [3.8, 4) is 0 Å². The summed E-state index contributed by atoms with van der Waals surface area (Å²) in [6.07, 6.45) is -3.69. The molecule has 5 nitrogen and oxygen atoms in total. The molecule has 1 aliphatic carbocycles. The number of ether oxygens (including phenoxy) is 1. The van der Waals surface area contributed by atoms with Crippen LogP contribution >= 0.6 is 23.2 Å². The van der Waals surface area contributed by atoms with Crippen LogP contribution in [0.2, 0.25) is 0 Å². The lowest BCUT2D eigenvalue weighted by Gasteiger charge is -2.29. The first-order valence-electron chi connectivity index (χ1n) is 9.05. The standard InChI is InChI=1S/C20H22Cl2F3NO4/c1-5-26(16(27)15-13(10-14(21)22)18(15,2)3)12-8-6-11(7-9-12)19(29,17(28)30-4)20(23,24)25/h6-10,13,15,29H,5H2,1-4H3. The Bertz CT molecular complexity index is 851. The van der Waals surface area contributed by atoms with E-state index in [1.54, 1.807) is 13.0 Å². The van der Waals surface area contributed by atoms with Crippen LogP contribution in [0, 0.1) is 17.3 Å². The number of anilines is 1. The molecule has 0 aromatic heterocycles. The summed E-state index contributed by atoms with van der Waals surface area (Å²) in [6, 6.07) is 4.37. The predicted octanol–water partition coefficient (Wildman–Crippen LogP) is 4.55. The van der Waals surface area contributed by atoms with E-state index in [9.17, 15) is 27.9 Å². The highest BCUT2D eigenvalue weighted by Gasteiger charge is 2.63. The number of allylic oxidation sites excluding steroid dienone is 1. The number of esters is 1. The number of nitrogens with zero attached hydrogens (tertiary/aromatic N) is 1. The van der Waals surface area contributed by atoms with Crippen molar-refractivity contribution in [2.45, 2.75) is 32.5 Å². The van der Waals surface area contributed by atoms with Crippen molar-refractivity contribution >= 4 is 40.8 Å². The summed E-state index contributed by atoms with van der Waals surface area (Å²) < 4.78 is 44.4. The topological polar surface area (TPSA) is 66.8 Å². The third kappa shape index (κ3) is 4.18. The maximum Gasteiger partial charge on any atom is 0.432 e. The number of carbonyl (C=O) groups is 2. The zero-order chi connectivity index (χ0) is 23.1. The summed E-state index contributed by atoms with van der Waals surface area (Å²) in [7, 11) is 0.750. The number of alkyl halides is 3. The molecule has 0 aliphatic heterocycles. The van der Waals surface area contributed by atoms with E-state index in [1.165, 1.54) is 17.0 Å². The summed E-state index contributed by atoms with van der Waals surface area (Å²) in [4.78, 5) is 26.1.